The van der Waals surface area contributed by atoms with E-state index in [9.17, 15) is 10.1 Å². The minimum atomic E-state index is -0.519. The topological polar surface area (TPSA) is 66.9 Å². The second-order valence-electron chi connectivity index (χ2n) is 2.90. The third-order valence-electron chi connectivity index (χ3n) is 1.76. The second kappa shape index (κ2) is 5.37. The molecule has 0 spiro atoms. The van der Waals surface area contributed by atoms with E-state index in [1.54, 1.807) is 17.8 Å². The molecule has 0 atom stereocenters. The summed E-state index contributed by atoms with van der Waals surface area (Å²) in [7, 11) is 0. The van der Waals surface area contributed by atoms with E-state index in [1.807, 2.05) is 13.0 Å². The number of hydrogen-bond donors (Lipinski definition) is 0. The average molecular weight is 222 g/mol. The van der Waals surface area contributed by atoms with Crippen molar-refractivity contribution >= 4 is 17.4 Å². The first-order chi connectivity index (χ1) is 7.19. The van der Waals surface area contributed by atoms with Gasteiger partial charge in [0.05, 0.1) is 4.92 Å². The molecule has 0 saturated heterocycles. The van der Waals surface area contributed by atoms with E-state index in [4.69, 9.17) is 5.26 Å². The first-order valence-electron chi connectivity index (χ1n) is 4.50. The van der Waals surface area contributed by atoms with E-state index < -0.39 is 4.92 Å². The van der Waals surface area contributed by atoms with Gasteiger partial charge in [-0.1, -0.05) is 6.92 Å². The van der Waals surface area contributed by atoms with Crippen LogP contribution in [0.4, 0.5) is 5.69 Å². The second-order valence-corrected chi connectivity index (χ2v) is 4.06. The zero-order chi connectivity index (χ0) is 11.3. The summed E-state index contributed by atoms with van der Waals surface area (Å²) in [5.41, 5.74) is -0.000508. The molecule has 0 fully saturated rings. The zero-order valence-corrected chi connectivity index (χ0v) is 9.08. The molecule has 0 N–H and O–H groups in total. The molecule has 1 aromatic rings. The lowest BCUT2D eigenvalue weighted by Gasteiger charge is -2.00. The fourth-order valence-corrected chi connectivity index (χ4v) is 1.87. The van der Waals surface area contributed by atoms with Crippen LogP contribution in [-0.4, -0.2) is 10.7 Å². The molecule has 0 amide bonds. The van der Waals surface area contributed by atoms with Crippen molar-refractivity contribution in [3.63, 3.8) is 0 Å². The van der Waals surface area contributed by atoms with Crippen LogP contribution in [0.1, 0.15) is 18.9 Å². The van der Waals surface area contributed by atoms with Crippen molar-refractivity contribution in [2.45, 2.75) is 18.2 Å². The normalized spacial score (nSPS) is 9.60. The molecule has 0 aromatic heterocycles. The van der Waals surface area contributed by atoms with E-state index in [1.165, 1.54) is 12.1 Å². The molecule has 15 heavy (non-hydrogen) atoms. The van der Waals surface area contributed by atoms with Crippen molar-refractivity contribution in [2.24, 2.45) is 0 Å². The van der Waals surface area contributed by atoms with E-state index in [0.717, 1.165) is 17.1 Å². The van der Waals surface area contributed by atoms with Crippen molar-refractivity contribution in [3.8, 4) is 6.07 Å². The Morgan fingerprint density at radius 2 is 2.33 bits per heavy atom. The SMILES string of the molecule is CCCSc1ccc(C#N)c([N+](=O)[O-])c1. The molecule has 4 nitrogen and oxygen atoms in total. The van der Waals surface area contributed by atoms with Crippen LogP contribution in [0.5, 0.6) is 0 Å². The molecule has 1 aromatic carbocycles. The first-order valence-corrected chi connectivity index (χ1v) is 5.49. The summed E-state index contributed by atoms with van der Waals surface area (Å²) in [6, 6.07) is 6.50. The fourth-order valence-electron chi connectivity index (χ4n) is 1.07. The summed E-state index contributed by atoms with van der Waals surface area (Å²) in [5.74, 6) is 0.920. The third-order valence-corrected chi connectivity index (χ3v) is 2.96. The van der Waals surface area contributed by atoms with Gasteiger partial charge in [0.25, 0.3) is 5.69 Å². The van der Waals surface area contributed by atoms with Gasteiger partial charge in [0.15, 0.2) is 0 Å². The van der Waals surface area contributed by atoms with E-state index in [-0.39, 0.29) is 11.3 Å². The lowest BCUT2D eigenvalue weighted by Crippen LogP contribution is -1.92. The van der Waals surface area contributed by atoms with Crippen molar-refractivity contribution in [3.05, 3.63) is 33.9 Å². The molecule has 0 radical (unpaired) electrons. The molecule has 1 rings (SSSR count). The number of nitrogens with zero attached hydrogens (tertiary/aromatic N) is 2. The van der Waals surface area contributed by atoms with Crippen LogP contribution in [0.15, 0.2) is 23.1 Å². The molecular formula is C10H10N2O2S. The van der Waals surface area contributed by atoms with E-state index in [0.29, 0.717) is 0 Å². The summed E-state index contributed by atoms with van der Waals surface area (Å²) in [5, 5.41) is 19.3. The molecule has 0 aliphatic rings. The van der Waals surface area contributed by atoms with Crippen LogP contribution in [0.25, 0.3) is 0 Å². The van der Waals surface area contributed by atoms with Gasteiger partial charge in [-0.05, 0) is 24.3 Å². The number of nitro groups is 1. The Kier molecular flexibility index (Phi) is 4.13. The van der Waals surface area contributed by atoms with Gasteiger partial charge < -0.3 is 0 Å². The quantitative estimate of drug-likeness (QED) is 0.446. The van der Waals surface area contributed by atoms with Gasteiger partial charge >= 0.3 is 0 Å². The lowest BCUT2D eigenvalue weighted by atomic mass is 10.2. The predicted molar refractivity (Wildman–Crippen MR) is 58.8 cm³/mol. The Morgan fingerprint density at radius 1 is 1.60 bits per heavy atom. The minimum absolute atomic E-state index is 0.112. The van der Waals surface area contributed by atoms with Crippen molar-refractivity contribution < 1.29 is 4.92 Å². The molecule has 5 heteroatoms. The van der Waals surface area contributed by atoms with Crippen LogP contribution >= 0.6 is 11.8 Å². The summed E-state index contributed by atoms with van der Waals surface area (Å²) >= 11 is 1.56. The number of thioether (sulfide) groups is 1. The number of nitro benzene ring substituents is 1. The van der Waals surface area contributed by atoms with Crippen LogP contribution in [-0.2, 0) is 0 Å². The Bertz CT molecular complexity index is 412. The monoisotopic (exact) mass is 222 g/mol. The Hall–Kier alpha value is -1.54. The van der Waals surface area contributed by atoms with Crippen LogP contribution in [0.3, 0.4) is 0 Å². The number of hydrogen-bond acceptors (Lipinski definition) is 4. The van der Waals surface area contributed by atoms with Crippen molar-refractivity contribution in [2.75, 3.05) is 5.75 Å². The predicted octanol–water partition coefficient (Wildman–Crippen LogP) is 2.97. The number of benzene rings is 1. The summed E-state index contributed by atoms with van der Waals surface area (Å²) < 4.78 is 0. The molecule has 0 heterocycles. The fraction of sp³-hybridized carbons (Fsp3) is 0.300. The number of rotatable bonds is 4. The summed E-state index contributed by atoms with van der Waals surface area (Å²) in [6.07, 6.45) is 1.01. The van der Waals surface area contributed by atoms with Gasteiger partial charge in [-0.3, -0.25) is 10.1 Å². The molecule has 0 aliphatic carbocycles. The molecular weight excluding hydrogens is 212 g/mol. The highest BCUT2D eigenvalue weighted by molar-refractivity contribution is 7.99. The van der Waals surface area contributed by atoms with Crippen LogP contribution in [0.2, 0.25) is 0 Å². The Morgan fingerprint density at radius 3 is 2.87 bits per heavy atom. The maximum atomic E-state index is 10.7. The largest absolute Gasteiger partial charge is 0.288 e. The van der Waals surface area contributed by atoms with Gasteiger partial charge in [-0.25, -0.2) is 0 Å². The highest BCUT2D eigenvalue weighted by Gasteiger charge is 2.13. The highest BCUT2D eigenvalue weighted by Crippen LogP contribution is 2.26. The van der Waals surface area contributed by atoms with Crippen molar-refractivity contribution in [1.29, 1.82) is 5.26 Å². The third kappa shape index (κ3) is 2.96. The van der Waals surface area contributed by atoms with Gasteiger partial charge in [0.1, 0.15) is 11.6 Å². The van der Waals surface area contributed by atoms with E-state index in [2.05, 4.69) is 0 Å². The van der Waals surface area contributed by atoms with Gasteiger partial charge in [-0.15, -0.1) is 11.8 Å². The smallest absolute Gasteiger partial charge is 0.258 e. The maximum absolute atomic E-state index is 10.7. The van der Waals surface area contributed by atoms with Gasteiger partial charge in [-0.2, -0.15) is 5.26 Å². The summed E-state index contributed by atoms with van der Waals surface area (Å²) in [6.45, 7) is 2.05. The highest BCUT2D eigenvalue weighted by atomic mass is 32.2. The van der Waals surface area contributed by atoms with Crippen LogP contribution < -0.4 is 0 Å². The minimum Gasteiger partial charge on any atom is -0.258 e. The summed E-state index contributed by atoms with van der Waals surface area (Å²) in [4.78, 5) is 11.0. The van der Waals surface area contributed by atoms with Gasteiger partial charge in [0, 0.05) is 11.0 Å². The molecule has 78 valence electrons. The first kappa shape index (κ1) is 11.5. The molecule has 0 bridgehead atoms. The molecule has 0 aliphatic heterocycles. The molecule has 0 saturated carbocycles. The standard InChI is InChI=1S/C10H10N2O2S/c1-2-5-15-9-4-3-8(7-11)10(6-9)12(13)14/h3-4,6H,2,5H2,1H3. The van der Waals surface area contributed by atoms with Crippen LogP contribution in [0, 0.1) is 21.4 Å². The average Bonchev–Trinajstić information content (AvgIpc) is 2.25. The number of nitriles is 1. The van der Waals surface area contributed by atoms with E-state index >= 15 is 0 Å². The Labute approximate surface area is 92.1 Å². The van der Waals surface area contributed by atoms with Gasteiger partial charge in [0.2, 0.25) is 0 Å². The van der Waals surface area contributed by atoms with Crippen molar-refractivity contribution in [1.82, 2.24) is 0 Å². The molecule has 0 unspecified atom stereocenters. The zero-order valence-electron chi connectivity index (χ0n) is 8.27. The lowest BCUT2D eigenvalue weighted by molar-refractivity contribution is -0.385. The Balaban J connectivity index is 3.01. The maximum Gasteiger partial charge on any atom is 0.288 e.